The molecule has 0 saturated heterocycles. The smallest absolute Gasteiger partial charge is 0.416 e. The topological polar surface area (TPSA) is 84.7 Å². The van der Waals surface area contributed by atoms with Gasteiger partial charge in [0.05, 0.1) is 23.9 Å². The Morgan fingerprint density at radius 3 is 2.43 bits per heavy atom. The van der Waals surface area contributed by atoms with Crippen LogP contribution in [-0.2, 0) is 10.9 Å². The largest absolute Gasteiger partial charge is 0.462 e. The van der Waals surface area contributed by atoms with Crippen LogP contribution in [0.4, 0.5) is 29.3 Å². The first kappa shape index (κ1) is 19.2. The van der Waals surface area contributed by atoms with Gasteiger partial charge in [0.25, 0.3) is 0 Å². The molecule has 0 aliphatic heterocycles. The SMILES string of the molecule is CCOC(=O)c1cnn2ccc(NC(=O)Nc3ccc(C(F)(F)F)cc3)cc12. The van der Waals surface area contributed by atoms with Gasteiger partial charge in [-0.2, -0.15) is 18.3 Å². The molecule has 3 aromatic rings. The van der Waals surface area contributed by atoms with E-state index in [1.807, 2.05) is 0 Å². The predicted octanol–water partition coefficient (Wildman–Crippen LogP) is 4.17. The number of ether oxygens (including phenoxy) is 1. The molecule has 0 aliphatic carbocycles. The van der Waals surface area contributed by atoms with Gasteiger partial charge in [-0.15, -0.1) is 0 Å². The molecule has 2 N–H and O–H groups in total. The van der Waals surface area contributed by atoms with Gasteiger partial charge in [0.2, 0.25) is 0 Å². The molecule has 28 heavy (non-hydrogen) atoms. The first-order valence-corrected chi connectivity index (χ1v) is 8.17. The molecule has 10 heteroatoms. The van der Waals surface area contributed by atoms with Gasteiger partial charge in [-0.25, -0.2) is 14.1 Å². The maximum absolute atomic E-state index is 12.6. The Morgan fingerprint density at radius 2 is 1.79 bits per heavy atom. The first-order valence-electron chi connectivity index (χ1n) is 8.17. The second-order valence-corrected chi connectivity index (χ2v) is 5.68. The second-order valence-electron chi connectivity index (χ2n) is 5.68. The monoisotopic (exact) mass is 392 g/mol. The highest BCUT2D eigenvalue weighted by atomic mass is 19.4. The Balaban J connectivity index is 1.72. The third kappa shape index (κ3) is 4.22. The number of anilines is 2. The van der Waals surface area contributed by atoms with E-state index >= 15 is 0 Å². The molecule has 0 saturated carbocycles. The van der Waals surface area contributed by atoms with Gasteiger partial charge in [0.15, 0.2) is 0 Å². The van der Waals surface area contributed by atoms with Crippen molar-refractivity contribution < 1.29 is 27.5 Å². The van der Waals surface area contributed by atoms with Crippen LogP contribution in [0.25, 0.3) is 5.52 Å². The van der Waals surface area contributed by atoms with E-state index in [-0.39, 0.29) is 17.9 Å². The Morgan fingerprint density at radius 1 is 1.11 bits per heavy atom. The van der Waals surface area contributed by atoms with E-state index < -0.39 is 23.7 Å². The lowest BCUT2D eigenvalue weighted by Crippen LogP contribution is -2.19. The van der Waals surface area contributed by atoms with Crippen molar-refractivity contribution in [3.63, 3.8) is 0 Å². The Bertz CT molecular complexity index is 1010. The Kier molecular flexibility index (Phi) is 5.21. The summed E-state index contributed by atoms with van der Waals surface area (Å²) in [6.07, 6.45) is -1.54. The predicted molar refractivity (Wildman–Crippen MR) is 95.2 cm³/mol. The Hall–Kier alpha value is -3.56. The van der Waals surface area contributed by atoms with E-state index in [4.69, 9.17) is 4.74 Å². The van der Waals surface area contributed by atoms with E-state index in [0.29, 0.717) is 11.2 Å². The molecule has 0 fully saturated rings. The number of carbonyl (C=O) groups is 2. The minimum absolute atomic E-state index is 0.197. The highest BCUT2D eigenvalue weighted by Gasteiger charge is 2.30. The van der Waals surface area contributed by atoms with Crippen LogP contribution in [0.3, 0.4) is 0 Å². The fraction of sp³-hybridized carbons (Fsp3) is 0.167. The quantitative estimate of drug-likeness (QED) is 0.653. The molecule has 1 aromatic carbocycles. The lowest BCUT2D eigenvalue weighted by molar-refractivity contribution is -0.137. The third-order valence-corrected chi connectivity index (χ3v) is 3.74. The van der Waals surface area contributed by atoms with E-state index in [1.165, 1.54) is 16.8 Å². The molecular formula is C18H15F3N4O3. The molecule has 2 amide bonds. The minimum atomic E-state index is -4.45. The number of hydrogen-bond donors (Lipinski definition) is 2. The average Bonchev–Trinajstić information content (AvgIpc) is 3.05. The van der Waals surface area contributed by atoms with Crippen molar-refractivity contribution in [2.24, 2.45) is 0 Å². The molecule has 3 rings (SSSR count). The van der Waals surface area contributed by atoms with Crippen LogP contribution in [0.1, 0.15) is 22.8 Å². The van der Waals surface area contributed by atoms with Crippen LogP contribution in [-0.4, -0.2) is 28.2 Å². The van der Waals surface area contributed by atoms with Crippen molar-refractivity contribution in [2.75, 3.05) is 17.2 Å². The van der Waals surface area contributed by atoms with Crippen molar-refractivity contribution in [2.45, 2.75) is 13.1 Å². The number of carbonyl (C=O) groups excluding carboxylic acids is 2. The molecule has 2 aromatic heterocycles. The molecule has 0 unspecified atom stereocenters. The lowest BCUT2D eigenvalue weighted by Gasteiger charge is -2.10. The minimum Gasteiger partial charge on any atom is -0.462 e. The number of alkyl halides is 3. The molecule has 146 valence electrons. The van der Waals surface area contributed by atoms with Crippen LogP contribution in [0, 0.1) is 0 Å². The number of halogens is 3. The summed E-state index contributed by atoms with van der Waals surface area (Å²) in [4.78, 5) is 24.0. The van der Waals surface area contributed by atoms with E-state index in [2.05, 4.69) is 15.7 Å². The summed E-state index contributed by atoms with van der Waals surface area (Å²) >= 11 is 0. The molecule has 0 aliphatic rings. The van der Waals surface area contributed by atoms with Crippen molar-refractivity contribution in [1.82, 2.24) is 9.61 Å². The highest BCUT2D eigenvalue weighted by Crippen LogP contribution is 2.29. The normalized spacial score (nSPS) is 11.3. The molecule has 0 bridgehead atoms. The molecule has 0 radical (unpaired) electrons. The van der Waals surface area contributed by atoms with E-state index in [1.54, 1.807) is 19.2 Å². The number of nitrogens with one attached hydrogen (secondary N) is 2. The zero-order chi connectivity index (χ0) is 20.3. The first-order chi connectivity index (χ1) is 13.3. The van der Waals surface area contributed by atoms with Crippen molar-refractivity contribution >= 4 is 28.9 Å². The van der Waals surface area contributed by atoms with Crippen LogP contribution in [0.15, 0.2) is 48.8 Å². The number of aromatic nitrogens is 2. The number of pyridine rings is 1. The van der Waals surface area contributed by atoms with Gasteiger partial charge in [0, 0.05) is 17.6 Å². The van der Waals surface area contributed by atoms with Gasteiger partial charge < -0.3 is 15.4 Å². The van der Waals surface area contributed by atoms with Gasteiger partial charge in [-0.3, -0.25) is 0 Å². The van der Waals surface area contributed by atoms with Crippen LogP contribution in [0.5, 0.6) is 0 Å². The van der Waals surface area contributed by atoms with Gasteiger partial charge in [0.1, 0.15) is 5.56 Å². The number of urea groups is 1. The summed E-state index contributed by atoms with van der Waals surface area (Å²) < 4.78 is 44.1. The summed E-state index contributed by atoms with van der Waals surface area (Å²) in [7, 11) is 0. The average molecular weight is 392 g/mol. The lowest BCUT2D eigenvalue weighted by atomic mass is 10.2. The molecule has 0 atom stereocenters. The van der Waals surface area contributed by atoms with Crippen molar-refractivity contribution in [1.29, 1.82) is 0 Å². The van der Waals surface area contributed by atoms with Gasteiger partial charge >= 0.3 is 18.2 Å². The van der Waals surface area contributed by atoms with Gasteiger partial charge in [-0.05, 0) is 43.3 Å². The molecule has 7 nitrogen and oxygen atoms in total. The number of hydrogen-bond acceptors (Lipinski definition) is 4. The number of amides is 2. The maximum Gasteiger partial charge on any atom is 0.416 e. The molecule has 2 heterocycles. The van der Waals surface area contributed by atoms with Crippen molar-refractivity contribution in [3.05, 3.63) is 59.9 Å². The highest BCUT2D eigenvalue weighted by molar-refractivity contribution is 6.01. The Labute approximate surface area is 157 Å². The summed E-state index contributed by atoms with van der Waals surface area (Å²) in [5.41, 5.74) is 0.432. The number of fused-ring (bicyclic) bond motifs is 1. The van der Waals surface area contributed by atoms with Crippen molar-refractivity contribution in [3.8, 4) is 0 Å². The second kappa shape index (κ2) is 7.59. The summed E-state index contributed by atoms with van der Waals surface area (Å²) in [6.45, 7) is 1.89. The zero-order valence-corrected chi connectivity index (χ0v) is 14.6. The standard InChI is InChI=1S/C18H15F3N4O3/c1-2-28-16(26)14-10-22-25-8-7-13(9-15(14)25)24-17(27)23-12-5-3-11(4-6-12)18(19,20)21/h3-10H,2H2,1H3,(H2,23,24,27). The van der Waals surface area contributed by atoms with Crippen LogP contribution >= 0.6 is 0 Å². The fourth-order valence-electron chi connectivity index (χ4n) is 2.46. The number of rotatable bonds is 4. The molecule has 0 spiro atoms. The number of nitrogens with zero attached hydrogens (tertiary/aromatic N) is 2. The number of benzene rings is 1. The summed E-state index contributed by atoms with van der Waals surface area (Å²) in [6, 6.07) is 6.50. The van der Waals surface area contributed by atoms with Crippen LogP contribution in [0.2, 0.25) is 0 Å². The fourth-order valence-corrected chi connectivity index (χ4v) is 2.46. The number of esters is 1. The maximum atomic E-state index is 12.6. The molecular weight excluding hydrogens is 377 g/mol. The summed E-state index contributed by atoms with van der Waals surface area (Å²) in [5.74, 6) is -0.538. The van der Waals surface area contributed by atoms with Crippen LogP contribution < -0.4 is 10.6 Å². The zero-order valence-electron chi connectivity index (χ0n) is 14.6. The van der Waals surface area contributed by atoms with E-state index in [0.717, 1.165) is 24.3 Å². The summed E-state index contributed by atoms with van der Waals surface area (Å²) in [5, 5.41) is 9.02. The van der Waals surface area contributed by atoms with Gasteiger partial charge in [-0.1, -0.05) is 0 Å². The third-order valence-electron chi connectivity index (χ3n) is 3.74. The van der Waals surface area contributed by atoms with E-state index in [9.17, 15) is 22.8 Å².